The normalized spacial score (nSPS) is 14.5. The second kappa shape index (κ2) is 6.84. The summed E-state index contributed by atoms with van der Waals surface area (Å²) in [5.41, 5.74) is 3.75. The highest BCUT2D eigenvalue weighted by Gasteiger charge is 2.11. The number of rotatable bonds is 4. The first-order valence-corrected chi connectivity index (χ1v) is 8.84. The largest absolute Gasteiger partial charge is 0.380 e. The van der Waals surface area contributed by atoms with E-state index in [2.05, 4.69) is 72.4 Å². The van der Waals surface area contributed by atoms with Crippen molar-refractivity contribution in [1.29, 1.82) is 0 Å². The Morgan fingerprint density at radius 2 is 1.67 bits per heavy atom. The lowest BCUT2D eigenvalue weighted by Gasteiger charge is -2.18. The molecule has 1 saturated heterocycles. The predicted molar refractivity (Wildman–Crippen MR) is 97.1 cm³/mol. The van der Waals surface area contributed by atoms with Gasteiger partial charge in [-0.3, -0.25) is 0 Å². The quantitative estimate of drug-likeness (QED) is 0.724. The lowest BCUT2D eigenvalue weighted by Crippen LogP contribution is -2.17. The van der Waals surface area contributed by atoms with E-state index in [1.54, 1.807) is 0 Å². The predicted octanol–water partition coefficient (Wildman–Crippen LogP) is 5.42. The molecule has 0 aliphatic carbocycles. The van der Waals surface area contributed by atoms with Crippen LogP contribution in [0.15, 0.2) is 51.4 Å². The Labute approximate surface area is 142 Å². The molecule has 0 amide bonds. The maximum Gasteiger partial charge on any atom is 0.0498 e. The van der Waals surface area contributed by atoms with Crippen LogP contribution in [0.3, 0.4) is 0 Å². The van der Waals surface area contributed by atoms with Gasteiger partial charge < -0.3 is 10.2 Å². The van der Waals surface area contributed by atoms with E-state index in [9.17, 15) is 0 Å². The van der Waals surface area contributed by atoms with Crippen LogP contribution in [0, 0.1) is 0 Å². The van der Waals surface area contributed by atoms with Crippen molar-refractivity contribution < 1.29 is 0 Å². The molecule has 110 valence electrons. The number of hydrogen-bond acceptors (Lipinski definition) is 2. The topological polar surface area (TPSA) is 15.3 Å². The maximum absolute atomic E-state index is 3.57. The molecule has 2 nitrogen and oxygen atoms in total. The van der Waals surface area contributed by atoms with E-state index in [1.807, 2.05) is 12.1 Å². The van der Waals surface area contributed by atoms with Gasteiger partial charge in [0.25, 0.3) is 0 Å². The first-order valence-electron chi connectivity index (χ1n) is 7.25. The van der Waals surface area contributed by atoms with Gasteiger partial charge in [-0.05, 0) is 64.7 Å². The Bertz CT molecular complexity index is 605. The minimum absolute atomic E-state index is 0.829. The molecular formula is C17H18Br2N2. The Morgan fingerprint density at radius 3 is 2.38 bits per heavy atom. The molecule has 0 atom stereocenters. The number of hydrogen-bond donors (Lipinski definition) is 1. The number of nitrogens with zero attached hydrogens (tertiary/aromatic N) is 1. The minimum atomic E-state index is 0.829. The Kier molecular flexibility index (Phi) is 4.86. The van der Waals surface area contributed by atoms with E-state index in [0.717, 1.165) is 21.2 Å². The van der Waals surface area contributed by atoms with Gasteiger partial charge in [0, 0.05) is 40.0 Å². The monoisotopic (exact) mass is 408 g/mol. The molecule has 4 heteroatoms. The van der Waals surface area contributed by atoms with Gasteiger partial charge in [-0.2, -0.15) is 0 Å². The lowest BCUT2D eigenvalue weighted by atomic mass is 10.2. The summed E-state index contributed by atoms with van der Waals surface area (Å²) in [5, 5.41) is 3.47. The number of halogens is 2. The van der Waals surface area contributed by atoms with Crippen LogP contribution in [0.1, 0.15) is 18.4 Å². The highest BCUT2D eigenvalue weighted by atomic mass is 79.9. The average Bonchev–Trinajstić information content (AvgIpc) is 3.03. The second-order valence-electron chi connectivity index (χ2n) is 5.34. The summed E-state index contributed by atoms with van der Waals surface area (Å²) in [6.07, 6.45) is 2.64. The fourth-order valence-corrected chi connectivity index (χ4v) is 3.38. The highest BCUT2D eigenvalue weighted by molar-refractivity contribution is 9.11. The molecule has 1 N–H and O–H groups in total. The number of anilines is 2. The van der Waals surface area contributed by atoms with Crippen LogP contribution in [0.25, 0.3) is 0 Å². The summed E-state index contributed by atoms with van der Waals surface area (Å²) in [5.74, 6) is 0. The van der Waals surface area contributed by atoms with Crippen LogP contribution in [0.5, 0.6) is 0 Å². The van der Waals surface area contributed by atoms with Crippen LogP contribution in [0.4, 0.5) is 11.4 Å². The van der Waals surface area contributed by atoms with Crippen molar-refractivity contribution >= 4 is 43.2 Å². The molecule has 0 unspecified atom stereocenters. The third-order valence-electron chi connectivity index (χ3n) is 3.82. The molecule has 1 aliphatic rings. The first kappa shape index (κ1) is 14.9. The number of benzene rings is 2. The first-order chi connectivity index (χ1) is 10.2. The molecule has 3 rings (SSSR count). The average molecular weight is 410 g/mol. The lowest BCUT2D eigenvalue weighted by molar-refractivity contribution is 0.949. The van der Waals surface area contributed by atoms with Crippen LogP contribution in [-0.4, -0.2) is 13.1 Å². The third-order valence-corrected chi connectivity index (χ3v) is 5.00. The fraction of sp³-hybridized carbons (Fsp3) is 0.294. The summed E-state index contributed by atoms with van der Waals surface area (Å²) in [6.45, 7) is 3.22. The number of nitrogens with one attached hydrogen (secondary N) is 1. The molecule has 2 aromatic rings. The molecule has 1 heterocycles. The summed E-state index contributed by atoms with van der Waals surface area (Å²) in [7, 11) is 0. The maximum atomic E-state index is 3.57. The van der Waals surface area contributed by atoms with Crippen molar-refractivity contribution in [2.75, 3.05) is 23.3 Å². The van der Waals surface area contributed by atoms with Crippen LogP contribution in [-0.2, 0) is 6.54 Å². The molecule has 0 saturated carbocycles. The van der Waals surface area contributed by atoms with E-state index in [1.165, 1.54) is 37.2 Å². The molecule has 0 bridgehead atoms. The Balaban J connectivity index is 1.64. The Hall–Kier alpha value is -1.00. The van der Waals surface area contributed by atoms with E-state index < -0.39 is 0 Å². The van der Waals surface area contributed by atoms with Gasteiger partial charge in [0.1, 0.15) is 0 Å². The zero-order valence-corrected chi connectivity index (χ0v) is 15.0. The summed E-state index contributed by atoms with van der Waals surface area (Å²) >= 11 is 7.07. The molecule has 1 aliphatic heterocycles. The second-order valence-corrected chi connectivity index (χ2v) is 7.11. The molecule has 2 aromatic carbocycles. The standard InChI is InChI=1S/C17H18Br2N2/c18-14-5-8-16(19)17(11-14)20-12-13-3-6-15(7-4-13)21-9-1-2-10-21/h3-8,11,20H,1-2,9-10,12H2. The van der Waals surface area contributed by atoms with Gasteiger partial charge in [-0.1, -0.05) is 28.1 Å². The third kappa shape index (κ3) is 3.80. The molecule has 0 spiro atoms. The molecular weight excluding hydrogens is 392 g/mol. The van der Waals surface area contributed by atoms with E-state index in [0.29, 0.717) is 0 Å². The van der Waals surface area contributed by atoms with Crippen molar-refractivity contribution in [3.63, 3.8) is 0 Å². The van der Waals surface area contributed by atoms with Gasteiger partial charge in [-0.25, -0.2) is 0 Å². The van der Waals surface area contributed by atoms with Gasteiger partial charge in [0.15, 0.2) is 0 Å². The summed E-state index contributed by atoms with van der Waals surface area (Å²) in [6, 6.07) is 15.1. The smallest absolute Gasteiger partial charge is 0.0498 e. The van der Waals surface area contributed by atoms with Gasteiger partial charge in [0.05, 0.1) is 0 Å². The van der Waals surface area contributed by atoms with Crippen LogP contribution < -0.4 is 10.2 Å². The van der Waals surface area contributed by atoms with Crippen molar-refractivity contribution in [2.45, 2.75) is 19.4 Å². The van der Waals surface area contributed by atoms with Crippen molar-refractivity contribution in [3.8, 4) is 0 Å². The molecule has 0 aromatic heterocycles. The van der Waals surface area contributed by atoms with Crippen molar-refractivity contribution in [1.82, 2.24) is 0 Å². The van der Waals surface area contributed by atoms with E-state index in [4.69, 9.17) is 0 Å². The van der Waals surface area contributed by atoms with Crippen molar-refractivity contribution in [3.05, 3.63) is 57.0 Å². The zero-order chi connectivity index (χ0) is 14.7. The highest BCUT2D eigenvalue weighted by Crippen LogP contribution is 2.27. The van der Waals surface area contributed by atoms with Crippen LogP contribution >= 0.6 is 31.9 Å². The van der Waals surface area contributed by atoms with Gasteiger partial charge in [-0.15, -0.1) is 0 Å². The van der Waals surface area contributed by atoms with Gasteiger partial charge in [0.2, 0.25) is 0 Å². The fourth-order valence-electron chi connectivity index (χ4n) is 2.63. The van der Waals surface area contributed by atoms with E-state index in [-0.39, 0.29) is 0 Å². The molecule has 1 fully saturated rings. The zero-order valence-electron chi connectivity index (χ0n) is 11.8. The minimum Gasteiger partial charge on any atom is -0.380 e. The van der Waals surface area contributed by atoms with Crippen LogP contribution in [0.2, 0.25) is 0 Å². The summed E-state index contributed by atoms with van der Waals surface area (Å²) in [4.78, 5) is 2.46. The van der Waals surface area contributed by atoms with E-state index >= 15 is 0 Å². The Morgan fingerprint density at radius 1 is 0.952 bits per heavy atom. The van der Waals surface area contributed by atoms with Gasteiger partial charge >= 0.3 is 0 Å². The summed E-state index contributed by atoms with van der Waals surface area (Å²) < 4.78 is 2.16. The SMILES string of the molecule is Brc1ccc(Br)c(NCc2ccc(N3CCCC3)cc2)c1. The molecule has 21 heavy (non-hydrogen) atoms. The van der Waals surface area contributed by atoms with Crippen molar-refractivity contribution in [2.24, 2.45) is 0 Å². The molecule has 0 radical (unpaired) electrons.